The second-order valence-electron chi connectivity index (χ2n) is 13.8. The Morgan fingerprint density at radius 2 is 2.00 bits per heavy atom. The van der Waals surface area contributed by atoms with Crippen molar-refractivity contribution in [1.29, 1.82) is 0 Å². The van der Waals surface area contributed by atoms with Crippen LogP contribution in [-0.2, 0) is 20.8 Å². The molecule has 1 aromatic carbocycles. The zero-order valence-corrected chi connectivity index (χ0v) is 27.1. The zero-order valence-electron chi connectivity index (χ0n) is 25.4. The fraction of sp³-hybridized carbons (Fsp3) is 0.600. The number of carbonyl (C=O) groups is 3. The van der Waals surface area contributed by atoms with E-state index in [0.29, 0.717) is 25.7 Å². The maximum absolute atomic E-state index is 13.8. The fourth-order valence-electron chi connectivity index (χ4n) is 9.04. The number of hydrogen-bond acceptors (Lipinski definition) is 8. The number of ketones is 3. The second-order valence-corrected chi connectivity index (χ2v) is 16.0. The Kier molecular flexibility index (Phi) is 8.37. The summed E-state index contributed by atoms with van der Waals surface area (Å²) in [6.07, 6.45) is 12.1. The van der Waals surface area contributed by atoms with Crippen LogP contribution in [0.2, 0.25) is 0 Å². The number of thioether (sulfide) groups is 1. The van der Waals surface area contributed by atoms with E-state index >= 15 is 0 Å². The van der Waals surface area contributed by atoms with E-state index in [1.54, 1.807) is 12.2 Å². The summed E-state index contributed by atoms with van der Waals surface area (Å²) in [5.41, 5.74) is 0.386. The second kappa shape index (κ2) is 11.7. The predicted molar refractivity (Wildman–Crippen MR) is 171 cm³/mol. The van der Waals surface area contributed by atoms with Gasteiger partial charge in [0.15, 0.2) is 15.9 Å². The molecular weight excluding hydrogens is 579 g/mol. The minimum atomic E-state index is -1.49. The maximum Gasteiger partial charge on any atom is 0.178 e. The van der Waals surface area contributed by atoms with Gasteiger partial charge in [-0.1, -0.05) is 63.1 Å². The number of aliphatic hydroxyl groups excluding tert-OH is 1. The molecule has 0 saturated heterocycles. The van der Waals surface area contributed by atoms with Gasteiger partial charge >= 0.3 is 0 Å². The van der Waals surface area contributed by atoms with E-state index in [9.17, 15) is 24.6 Å². The van der Waals surface area contributed by atoms with Crippen LogP contribution in [-0.4, -0.2) is 50.0 Å². The lowest BCUT2D eigenvalue weighted by Crippen LogP contribution is -2.61. The summed E-state index contributed by atoms with van der Waals surface area (Å²) in [6.45, 7) is 6.29. The highest BCUT2D eigenvalue weighted by molar-refractivity contribution is 8.01. The number of rotatable bonds is 10. The number of thiazole rings is 1. The molecule has 2 aromatic rings. The molecule has 8 heteroatoms. The Balaban J connectivity index is 1.14. The van der Waals surface area contributed by atoms with Crippen molar-refractivity contribution in [2.45, 2.75) is 101 Å². The summed E-state index contributed by atoms with van der Waals surface area (Å²) in [7, 11) is 0. The molecule has 0 radical (unpaired) electrons. The molecule has 4 aliphatic rings. The van der Waals surface area contributed by atoms with Crippen molar-refractivity contribution in [1.82, 2.24) is 4.98 Å². The van der Waals surface area contributed by atoms with E-state index in [1.807, 2.05) is 31.2 Å². The summed E-state index contributed by atoms with van der Waals surface area (Å²) in [6, 6.07) is 5.95. The van der Waals surface area contributed by atoms with Crippen molar-refractivity contribution in [3.63, 3.8) is 0 Å². The first-order chi connectivity index (χ1) is 20.5. The molecule has 3 saturated carbocycles. The van der Waals surface area contributed by atoms with E-state index in [4.69, 9.17) is 4.98 Å². The number of unbranched alkanes of at least 4 members (excludes halogenated alkanes) is 2. The van der Waals surface area contributed by atoms with Gasteiger partial charge in [-0.05, 0) is 80.2 Å². The average Bonchev–Trinajstić information content (AvgIpc) is 3.49. The molecule has 6 nitrogen and oxygen atoms in total. The van der Waals surface area contributed by atoms with Crippen LogP contribution < -0.4 is 0 Å². The molecule has 0 spiro atoms. The lowest BCUT2D eigenvalue weighted by Gasteiger charge is -2.59. The largest absolute Gasteiger partial charge is 0.393 e. The van der Waals surface area contributed by atoms with Gasteiger partial charge in [0.1, 0.15) is 11.4 Å². The van der Waals surface area contributed by atoms with Crippen molar-refractivity contribution in [2.75, 3.05) is 5.75 Å². The van der Waals surface area contributed by atoms with Crippen LogP contribution in [0.4, 0.5) is 0 Å². The van der Waals surface area contributed by atoms with E-state index in [0.717, 1.165) is 64.2 Å². The topological polar surface area (TPSA) is 105 Å². The molecule has 6 rings (SSSR count). The monoisotopic (exact) mass is 621 g/mol. The third-order valence-electron chi connectivity index (χ3n) is 11.3. The Labute approximate surface area is 262 Å². The number of carbonyl (C=O) groups excluding carboxylic acids is 3. The van der Waals surface area contributed by atoms with Crippen molar-refractivity contribution in [2.24, 2.45) is 28.6 Å². The highest BCUT2D eigenvalue weighted by Crippen LogP contribution is 2.67. The Hall–Kier alpha value is -2.13. The molecule has 4 aliphatic carbocycles. The van der Waals surface area contributed by atoms with Crippen LogP contribution >= 0.6 is 23.1 Å². The van der Waals surface area contributed by atoms with Gasteiger partial charge in [0.2, 0.25) is 0 Å². The average molecular weight is 622 g/mol. The standard InChI is InChI=1S/C35H43NO5S2/c1-4-5-6-7-23(37)16-21-8-11-27-29(17-21)43-32(36-27)42-20-30(40)35(41)15-13-26-25-10-9-22-18-24(38)12-14-33(22,2)31(25)28(39)19-34(26,35)3/h8,11-12,14,17-18,25-26,28,31,39,41H,4-7,9-10,13,15-16,19-20H2,1-3H3/t25?,26?,28-,31?,33?,34?,35-/m0/s1. The summed E-state index contributed by atoms with van der Waals surface area (Å²) in [5.74, 6) is 0.507. The first kappa shape index (κ1) is 30.9. The summed E-state index contributed by atoms with van der Waals surface area (Å²) in [5, 5.41) is 23.7. The summed E-state index contributed by atoms with van der Waals surface area (Å²) in [4.78, 5) is 43.0. The minimum absolute atomic E-state index is 0.0147. The van der Waals surface area contributed by atoms with E-state index in [-0.39, 0.29) is 46.3 Å². The van der Waals surface area contributed by atoms with Gasteiger partial charge in [0.05, 0.1) is 22.1 Å². The number of Topliss-reactive ketones (excluding diaryl/α,β-unsaturated/α-hetero) is 2. The highest BCUT2D eigenvalue weighted by atomic mass is 32.2. The van der Waals surface area contributed by atoms with Crippen LogP contribution in [0, 0.1) is 28.6 Å². The molecule has 0 bridgehead atoms. The number of aliphatic hydroxyl groups is 2. The Morgan fingerprint density at radius 3 is 2.79 bits per heavy atom. The van der Waals surface area contributed by atoms with Gasteiger partial charge in [-0.2, -0.15) is 0 Å². The zero-order chi connectivity index (χ0) is 30.6. The molecule has 43 heavy (non-hydrogen) atoms. The lowest BCUT2D eigenvalue weighted by molar-refractivity contribution is -0.174. The normalized spacial score (nSPS) is 34.9. The summed E-state index contributed by atoms with van der Waals surface area (Å²) < 4.78 is 1.78. The van der Waals surface area contributed by atoms with Gasteiger partial charge < -0.3 is 10.2 Å². The van der Waals surface area contributed by atoms with Crippen molar-refractivity contribution in [3.05, 3.63) is 47.6 Å². The predicted octanol–water partition coefficient (Wildman–Crippen LogP) is 6.66. The van der Waals surface area contributed by atoms with Crippen LogP contribution in [0.15, 0.2) is 46.3 Å². The SMILES string of the molecule is CCCCCC(=O)Cc1ccc2nc(SCC(=O)[C@@]3(O)CCC4C5CCC6=CC(=O)C=CC6(C)C5[C@@H](O)CC43C)sc2c1. The van der Waals surface area contributed by atoms with Gasteiger partial charge in [-0.3, -0.25) is 14.4 Å². The molecule has 3 fully saturated rings. The van der Waals surface area contributed by atoms with Crippen molar-refractivity contribution < 1.29 is 24.6 Å². The van der Waals surface area contributed by atoms with E-state index in [2.05, 4.69) is 13.8 Å². The molecule has 0 amide bonds. The first-order valence-corrected chi connectivity index (χ1v) is 17.7. The smallest absolute Gasteiger partial charge is 0.178 e. The van der Waals surface area contributed by atoms with Crippen molar-refractivity contribution >= 4 is 50.7 Å². The molecule has 230 valence electrons. The fourth-order valence-corrected chi connectivity index (χ4v) is 11.1. The van der Waals surface area contributed by atoms with Crippen LogP contribution in [0.1, 0.15) is 84.1 Å². The van der Waals surface area contributed by atoms with Gasteiger partial charge in [0, 0.05) is 29.6 Å². The van der Waals surface area contributed by atoms with E-state index in [1.165, 1.54) is 23.1 Å². The van der Waals surface area contributed by atoms with Gasteiger partial charge in [-0.15, -0.1) is 11.3 Å². The number of hydrogen-bond donors (Lipinski definition) is 2. The Bertz CT molecular complexity index is 1510. The maximum atomic E-state index is 13.8. The quantitative estimate of drug-likeness (QED) is 0.226. The third-order valence-corrected chi connectivity index (χ3v) is 13.5. The van der Waals surface area contributed by atoms with Gasteiger partial charge in [0.25, 0.3) is 0 Å². The number of aromatic nitrogens is 1. The molecule has 0 aliphatic heterocycles. The van der Waals surface area contributed by atoms with Crippen LogP contribution in [0.5, 0.6) is 0 Å². The molecular formula is C35H43NO5S2. The molecule has 2 N–H and O–H groups in total. The third kappa shape index (κ3) is 5.30. The number of fused-ring (bicyclic) bond motifs is 6. The first-order valence-electron chi connectivity index (χ1n) is 15.9. The number of benzene rings is 1. The molecule has 1 heterocycles. The number of nitrogens with zero attached hydrogens (tertiary/aromatic N) is 1. The molecule has 7 atom stereocenters. The lowest BCUT2D eigenvalue weighted by atomic mass is 9.46. The van der Waals surface area contributed by atoms with Gasteiger partial charge in [-0.25, -0.2) is 4.98 Å². The molecule has 5 unspecified atom stereocenters. The highest BCUT2D eigenvalue weighted by Gasteiger charge is 2.68. The number of allylic oxidation sites excluding steroid dienone is 4. The van der Waals surface area contributed by atoms with E-state index < -0.39 is 17.1 Å². The minimum Gasteiger partial charge on any atom is -0.393 e. The molecule has 1 aromatic heterocycles. The van der Waals surface area contributed by atoms with Crippen LogP contribution in [0.3, 0.4) is 0 Å². The van der Waals surface area contributed by atoms with Crippen LogP contribution in [0.25, 0.3) is 10.2 Å². The Morgan fingerprint density at radius 1 is 1.19 bits per heavy atom. The summed E-state index contributed by atoms with van der Waals surface area (Å²) >= 11 is 2.89. The van der Waals surface area contributed by atoms with Crippen molar-refractivity contribution in [3.8, 4) is 0 Å².